The van der Waals surface area contributed by atoms with E-state index in [4.69, 9.17) is 0 Å². The molecule has 104 valence electrons. The van der Waals surface area contributed by atoms with Gasteiger partial charge in [-0.15, -0.1) is 0 Å². The maximum Gasteiger partial charge on any atom is 0.105 e. The standard InChI is InChI=1S/C14H28N4/c1-6-13-10-18(8-7-17(13)5)12(2)9-14(3,11-15)16-4/h12-13,16H,6-10H2,1-5H3. The van der Waals surface area contributed by atoms with E-state index in [1.165, 1.54) is 6.42 Å². The van der Waals surface area contributed by atoms with E-state index in [9.17, 15) is 5.26 Å². The predicted molar refractivity (Wildman–Crippen MR) is 75.4 cm³/mol. The van der Waals surface area contributed by atoms with E-state index in [1.807, 2.05) is 14.0 Å². The van der Waals surface area contributed by atoms with Crippen LogP contribution in [0.15, 0.2) is 0 Å². The Morgan fingerprint density at radius 2 is 2.17 bits per heavy atom. The molecule has 1 saturated heterocycles. The van der Waals surface area contributed by atoms with Gasteiger partial charge in [0, 0.05) is 31.7 Å². The molecule has 0 aromatic carbocycles. The van der Waals surface area contributed by atoms with Crippen LogP contribution in [-0.2, 0) is 0 Å². The van der Waals surface area contributed by atoms with Crippen molar-refractivity contribution in [1.82, 2.24) is 15.1 Å². The smallest absolute Gasteiger partial charge is 0.105 e. The van der Waals surface area contributed by atoms with Gasteiger partial charge in [0.25, 0.3) is 0 Å². The second-order valence-electron chi connectivity index (χ2n) is 5.78. The molecule has 1 fully saturated rings. The van der Waals surface area contributed by atoms with Gasteiger partial charge in [-0.2, -0.15) is 5.26 Å². The number of hydrogen-bond acceptors (Lipinski definition) is 4. The number of nitriles is 1. The second kappa shape index (κ2) is 6.51. The Morgan fingerprint density at radius 3 is 2.67 bits per heavy atom. The summed E-state index contributed by atoms with van der Waals surface area (Å²) in [7, 11) is 4.08. The summed E-state index contributed by atoms with van der Waals surface area (Å²) in [6, 6.07) is 3.49. The zero-order valence-corrected chi connectivity index (χ0v) is 12.5. The Balaban J connectivity index is 2.57. The molecule has 1 rings (SSSR count). The SMILES string of the molecule is CCC1CN(C(C)CC(C)(C#N)NC)CCN1C. The maximum atomic E-state index is 9.23. The summed E-state index contributed by atoms with van der Waals surface area (Å²) in [4.78, 5) is 4.98. The first-order chi connectivity index (χ1) is 8.45. The minimum Gasteiger partial charge on any atom is -0.303 e. The summed E-state index contributed by atoms with van der Waals surface area (Å²) >= 11 is 0. The maximum absolute atomic E-state index is 9.23. The fourth-order valence-electron chi connectivity index (χ4n) is 2.73. The molecule has 1 heterocycles. The predicted octanol–water partition coefficient (Wildman–Crippen LogP) is 1.29. The van der Waals surface area contributed by atoms with Crippen molar-refractivity contribution >= 4 is 0 Å². The molecular formula is C14H28N4. The lowest BCUT2D eigenvalue weighted by Gasteiger charge is -2.43. The summed E-state index contributed by atoms with van der Waals surface area (Å²) < 4.78 is 0. The van der Waals surface area contributed by atoms with Crippen LogP contribution in [0, 0.1) is 11.3 Å². The van der Waals surface area contributed by atoms with Crippen LogP contribution in [0.2, 0.25) is 0 Å². The fourth-order valence-corrected chi connectivity index (χ4v) is 2.73. The van der Waals surface area contributed by atoms with E-state index in [1.54, 1.807) is 0 Å². The molecule has 0 saturated carbocycles. The van der Waals surface area contributed by atoms with Gasteiger partial charge in [-0.3, -0.25) is 4.90 Å². The van der Waals surface area contributed by atoms with Crippen LogP contribution in [0.25, 0.3) is 0 Å². The van der Waals surface area contributed by atoms with Crippen molar-refractivity contribution in [2.24, 2.45) is 0 Å². The molecule has 0 aromatic heterocycles. The molecule has 0 bridgehead atoms. The quantitative estimate of drug-likeness (QED) is 0.801. The lowest BCUT2D eigenvalue weighted by atomic mass is 9.94. The van der Waals surface area contributed by atoms with Crippen molar-refractivity contribution in [3.8, 4) is 6.07 Å². The molecule has 0 aromatic rings. The van der Waals surface area contributed by atoms with Gasteiger partial charge >= 0.3 is 0 Å². The molecule has 0 aliphatic carbocycles. The monoisotopic (exact) mass is 252 g/mol. The molecule has 0 spiro atoms. The second-order valence-corrected chi connectivity index (χ2v) is 5.78. The van der Waals surface area contributed by atoms with Gasteiger partial charge < -0.3 is 10.2 Å². The summed E-state index contributed by atoms with van der Waals surface area (Å²) in [6.07, 6.45) is 2.07. The van der Waals surface area contributed by atoms with Crippen LogP contribution in [-0.4, -0.2) is 61.2 Å². The zero-order chi connectivity index (χ0) is 13.8. The molecule has 0 amide bonds. The minimum atomic E-state index is -0.412. The van der Waals surface area contributed by atoms with Gasteiger partial charge in [0.15, 0.2) is 0 Å². The third kappa shape index (κ3) is 3.68. The van der Waals surface area contributed by atoms with Crippen molar-refractivity contribution < 1.29 is 0 Å². The molecule has 4 heteroatoms. The zero-order valence-electron chi connectivity index (χ0n) is 12.5. The van der Waals surface area contributed by atoms with Crippen molar-refractivity contribution in [2.45, 2.75) is 51.2 Å². The van der Waals surface area contributed by atoms with E-state index in [0.29, 0.717) is 12.1 Å². The van der Waals surface area contributed by atoms with Crippen LogP contribution in [0.1, 0.15) is 33.6 Å². The highest BCUT2D eigenvalue weighted by Crippen LogP contribution is 2.19. The molecule has 18 heavy (non-hydrogen) atoms. The van der Waals surface area contributed by atoms with E-state index in [0.717, 1.165) is 26.1 Å². The van der Waals surface area contributed by atoms with Gasteiger partial charge in [-0.25, -0.2) is 0 Å². The van der Waals surface area contributed by atoms with Crippen LogP contribution in [0.4, 0.5) is 0 Å². The largest absolute Gasteiger partial charge is 0.303 e. The molecule has 3 unspecified atom stereocenters. The highest BCUT2D eigenvalue weighted by atomic mass is 15.3. The van der Waals surface area contributed by atoms with Crippen molar-refractivity contribution in [3.05, 3.63) is 0 Å². The molecule has 0 radical (unpaired) electrons. The summed E-state index contributed by atoms with van der Waals surface area (Å²) in [5, 5.41) is 12.4. The van der Waals surface area contributed by atoms with Crippen molar-refractivity contribution in [2.75, 3.05) is 33.7 Å². The summed E-state index contributed by atoms with van der Waals surface area (Å²) in [5.41, 5.74) is -0.412. The Kier molecular flexibility index (Phi) is 5.58. The van der Waals surface area contributed by atoms with Crippen molar-refractivity contribution in [3.63, 3.8) is 0 Å². The Labute approximate surface area is 112 Å². The number of nitrogens with one attached hydrogen (secondary N) is 1. The highest BCUT2D eigenvalue weighted by Gasteiger charge is 2.30. The van der Waals surface area contributed by atoms with Gasteiger partial charge in [-0.1, -0.05) is 6.92 Å². The topological polar surface area (TPSA) is 42.3 Å². The number of likely N-dealkylation sites (N-methyl/N-ethyl adjacent to an activating group) is 1. The van der Waals surface area contributed by atoms with E-state index in [2.05, 4.69) is 42.1 Å². The molecular weight excluding hydrogens is 224 g/mol. The normalized spacial score (nSPS) is 27.4. The molecule has 1 N–H and O–H groups in total. The third-order valence-corrected chi connectivity index (χ3v) is 4.41. The number of hydrogen-bond donors (Lipinski definition) is 1. The van der Waals surface area contributed by atoms with Crippen molar-refractivity contribution in [1.29, 1.82) is 5.26 Å². The molecule has 1 aliphatic heterocycles. The van der Waals surface area contributed by atoms with E-state index in [-0.39, 0.29) is 0 Å². The molecule has 3 atom stereocenters. The van der Waals surface area contributed by atoms with Crippen LogP contribution in [0.5, 0.6) is 0 Å². The average Bonchev–Trinajstić information content (AvgIpc) is 2.39. The van der Waals surface area contributed by atoms with Crippen LogP contribution >= 0.6 is 0 Å². The van der Waals surface area contributed by atoms with Gasteiger partial charge in [0.2, 0.25) is 0 Å². The lowest BCUT2D eigenvalue weighted by molar-refractivity contribution is 0.0594. The summed E-state index contributed by atoms with van der Waals surface area (Å²) in [6.45, 7) is 9.84. The average molecular weight is 252 g/mol. The minimum absolute atomic E-state index is 0.412. The Morgan fingerprint density at radius 1 is 1.50 bits per heavy atom. The summed E-state index contributed by atoms with van der Waals surface area (Å²) in [5.74, 6) is 0. The highest BCUT2D eigenvalue weighted by molar-refractivity contribution is 5.05. The number of rotatable bonds is 5. The molecule has 4 nitrogen and oxygen atoms in total. The van der Waals surface area contributed by atoms with E-state index >= 15 is 0 Å². The first-order valence-electron chi connectivity index (χ1n) is 7.00. The molecule has 1 aliphatic rings. The number of piperazine rings is 1. The van der Waals surface area contributed by atoms with Crippen LogP contribution < -0.4 is 5.32 Å². The first kappa shape index (κ1) is 15.4. The van der Waals surface area contributed by atoms with E-state index < -0.39 is 5.54 Å². The van der Waals surface area contributed by atoms with Gasteiger partial charge in [0.1, 0.15) is 5.54 Å². The van der Waals surface area contributed by atoms with Crippen LogP contribution in [0.3, 0.4) is 0 Å². The fraction of sp³-hybridized carbons (Fsp3) is 0.929. The van der Waals surface area contributed by atoms with Gasteiger partial charge in [-0.05, 0) is 40.8 Å². The third-order valence-electron chi connectivity index (χ3n) is 4.41. The van der Waals surface area contributed by atoms with Gasteiger partial charge in [0.05, 0.1) is 6.07 Å². The Bertz CT molecular complexity index is 299. The Hall–Kier alpha value is -0.630. The first-order valence-corrected chi connectivity index (χ1v) is 7.00. The number of nitrogens with zero attached hydrogens (tertiary/aromatic N) is 3. The lowest BCUT2D eigenvalue weighted by Crippen LogP contribution is -2.55.